The van der Waals surface area contributed by atoms with Crippen molar-refractivity contribution in [1.29, 1.82) is 5.26 Å². The van der Waals surface area contributed by atoms with E-state index in [1.54, 1.807) is 18.2 Å². The molecule has 0 saturated carbocycles. The molecule has 2 heterocycles. The first-order chi connectivity index (χ1) is 13.5. The number of anilines is 1. The van der Waals surface area contributed by atoms with Crippen molar-refractivity contribution >= 4 is 22.8 Å². The molecule has 4 rings (SSSR count). The predicted molar refractivity (Wildman–Crippen MR) is 104 cm³/mol. The Bertz CT molecular complexity index is 1260. The number of carbonyl (C=O) groups is 1. The van der Waals surface area contributed by atoms with Gasteiger partial charge in [0.1, 0.15) is 11.6 Å². The molecule has 0 unspecified atom stereocenters. The monoisotopic (exact) mass is 372 g/mol. The summed E-state index contributed by atoms with van der Waals surface area (Å²) in [5.41, 5.74) is 10.1. The van der Waals surface area contributed by atoms with E-state index in [0.717, 1.165) is 11.1 Å². The number of aryl methyl sites for hydroxylation is 1. The molecule has 4 aromatic rings. The molecule has 0 aliphatic heterocycles. The van der Waals surface area contributed by atoms with E-state index >= 15 is 0 Å². The highest BCUT2D eigenvalue weighted by atomic mass is 16.5. The number of oxazole rings is 1. The number of methoxy groups -OCH3 is 1. The number of hydrogen-bond donors (Lipinski definition) is 1. The maximum atomic E-state index is 12.2. The first-order valence-electron chi connectivity index (χ1n) is 8.49. The Balaban J connectivity index is 1.87. The number of aromatic nitrogens is 2. The summed E-state index contributed by atoms with van der Waals surface area (Å²) >= 11 is 0. The fourth-order valence-corrected chi connectivity index (χ4v) is 3.11. The maximum Gasteiger partial charge on any atom is 0.357 e. The van der Waals surface area contributed by atoms with Crippen LogP contribution in [0.25, 0.3) is 28.2 Å². The SMILES string of the molecule is COC(=O)c1c(N)c(C#N)cn1-c1ccc2nc(-c3ccccc3C)oc2c1. The number of nitrogens with two attached hydrogens (primary N) is 1. The molecule has 0 aliphatic carbocycles. The number of esters is 1. The van der Waals surface area contributed by atoms with Gasteiger partial charge in [0.15, 0.2) is 11.3 Å². The van der Waals surface area contributed by atoms with Crippen LogP contribution in [0.4, 0.5) is 5.69 Å². The molecule has 2 aromatic carbocycles. The minimum atomic E-state index is -0.628. The van der Waals surface area contributed by atoms with E-state index < -0.39 is 5.97 Å². The zero-order chi connectivity index (χ0) is 19.8. The molecule has 0 spiro atoms. The first-order valence-corrected chi connectivity index (χ1v) is 8.49. The summed E-state index contributed by atoms with van der Waals surface area (Å²) in [5, 5.41) is 9.26. The molecule has 28 heavy (non-hydrogen) atoms. The molecule has 7 nitrogen and oxygen atoms in total. The molecule has 0 radical (unpaired) electrons. The number of nitrogens with zero attached hydrogens (tertiary/aromatic N) is 3. The maximum absolute atomic E-state index is 12.2. The van der Waals surface area contributed by atoms with Crippen LogP contribution in [0.2, 0.25) is 0 Å². The molecule has 0 fully saturated rings. The van der Waals surface area contributed by atoms with Crippen LogP contribution in [0.5, 0.6) is 0 Å². The molecule has 2 aromatic heterocycles. The summed E-state index contributed by atoms with van der Waals surface area (Å²) in [4.78, 5) is 16.7. The van der Waals surface area contributed by atoms with E-state index in [2.05, 4.69) is 4.98 Å². The van der Waals surface area contributed by atoms with Gasteiger partial charge in [-0.05, 0) is 30.7 Å². The quantitative estimate of drug-likeness (QED) is 0.548. The summed E-state index contributed by atoms with van der Waals surface area (Å²) < 4.78 is 12.3. The molecule has 2 N–H and O–H groups in total. The third-order valence-electron chi connectivity index (χ3n) is 4.57. The van der Waals surface area contributed by atoms with Crippen molar-refractivity contribution in [3.63, 3.8) is 0 Å². The van der Waals surface area contributed by atoms with Crippen molar-refractivity contribution in [3.8, 4) is 23.2 Å². The van der Waals surface area contributed by atoms with Gasteiger partial charge in [-0.1, -0.05) is 18.2 Å². The lowest BCUT2D eigenvalue weighted by atomic mass is 10.1. The van der Waals surface area contributed by atoms with Crippen LogP contribution in [0, 0.1) is 18.3 Å². The molecule has 138 valence electrons. The van der Waals surface area contributed by atoms with Crippen molar-refractivity contribution < 1.29 is 13.9 Å². The number of fused-ring (bicyclic) bond motifs is 1. The zero-order valence-corrected chi connectivity index (χ0v) is 15.3. The summed E-state index contributed by atoms with van der Waals surface area (Å²) in [5.74, 6) is -0.111. The molecule has 0 atom stereocenters. The molecule has 0 aliphatic rings. The van der Waals surface area contributed by atoms with Gasteiger partial charge >= 0.3 is 5.97 Å². The summed E-state index contributed by atoms with van der Waals surface area (Å²) in [6.45, 7) is 1.99. The molecular weight excluding hydrogens is 356 g/mol. The van der Waals surface area contributed by atoms with E-state index in [-0.39, 0.29) is 16.9 Å². The second-order valence-corrected chi connectivity index (χ2v) is 6.26. The average molecular weight is 372 g/mol. The molecule has 0 saturated heterocycles. The van der Waals surface area contributed by atoms with Gasteiger partial charge in [-0.25, -0.2) is 9.78 Å². The number of carbonyl (C=O) groups excluding carboxylic acids is 1. The van der Waals surface area contributed by atoms with Crippen LogP contribution < -0.4 is 5.73 Å². The first kappa shape index (κ1) is 17.4. The van der Waals surface area contributed by atoms with Crippen LogP contribution >= 0.6 is 0 Å². The Morgan fingerprint density at radius 2 is 2.07 bits per heavy atom. The molecule has 0 amide bonds. The van der Waals surface area contributed by atoms with E-state index in [1.165, 1.54) is 17.9 Å². The van der Waals surface area contributed by atoms with Crippen LogP contribution in [0.3, 0.4) is 0 Å². The minimum Gasteiger partial charge on any atom is -0.464 e. The smallest absolute Gasteiger partial charge is 0.357 e. The van der Waals surface area contributed by atoms with Gasteiger partial charge in [-0.2, -0.15) is 5.26 Å². The lowest BCUT2D eigenvalue weighted by molar-refractivity contribution is 0.0593. The van der Waals surface area contributed by atoms with Crippen molar-refractivity contribution in [1.82, 2.24) is 9.55 Å². The van der Waals surface area contributed by atoms with Crippen LogP contribution in [-0.4, -0.2) is 22.6 Å². The van der Waals surface area contributed by atoms with E-state index in [0.29, 0.717) is 22.7 Å². The number of nitrogen functional groups attached to an aromatic ring is 1. The van der Waals surface area contributed by atoms with Gasteiger partial charge in [0.2, 0.25) is 5.89 Å². The van der Waals surface area contributed by atoms with E-state index in [9.17, 15) is 10.1 Å². The topological polar surface area (TPSA) is 107 Å². The number of benzene rings is 2. The van der Waals surface area contributed by atoms with Crippen molar-refractivity contribution in [3.05, 3.63) is 65.5 Å². The number of nitriles is 1. The standard InChI is InChI=1S/C21H16N4O3/c1-12-5-3-4-6-15(12)20-24-16-8-7-14(9-17(16)28-20)25-11-13(10-22)18(23)19(25)21(26)27-2/h3-9,11H,23H2,1-2H3. The molecular formula is C21H16N4O3. The minimum absolute atomic E-state index is 0.0765. The fourth-order valence-electron chi connectivity index (χ4n) is 3.11. The predicted octanol–water partition coefficient (Wildman–Crippen LogP) is 3.83. The Labute approximate surface area is 160 Å². The number of ether oxygens (including phenoxy) is 1. The Morgan fingerprint density at radius 1 is 1.29 bits per heavy atom. The lowest BCUT2D eigenvalue weighted by Gasteiger charge is -2.08. The second kappa shape index (κ2) is 6.59. The van der Waals surface area contributed by atoms with Crippen molar-refractivity contribution in [2.24, 2.45) is 0 Å². The highest BCUT2D eigenvalue weighted by molar-refractivity contribution is 5.96. The third kappa shape index (κ3) is 2.68. The fraction of sp³-hybridized carbons (Fsp3) is 0.0952. The van der Waals surface area contributed by atoms with Gasteiger partial charge < -0.3 is 19.5 Å². The Hall–Kier alpha value is -4.05. The van der Waals surface area contributed by atoms with Crippen LogP contribution in [0.1, 0.15) is 21.6 Å². The van der Waals surface area contributed by atoms with Crippen LogP contribution in [-0.2, 0) is 4.74 Å². The number of rotatable bonds is 3. The van der Waals surface area contributed by atoms with Gasteiger partial charge in [-0.15, -0.1) is 0 Å². The molecule has 0 bridgehead atoms. The summed E-state index contributed by atoms with van der Waals surface area (Å²) in [6.07, 6.45) is 1.50. The van der Waals surface area contributed by atoms with Gasteiger partial charge in [0.25, 0.3) is 0 Å². The van der Waals surface area contributed by atoms with E-state index in [1.807, 2.05) is 37.3 Å². The van der Waals surface area contributed by atoms with Crippen molar-refractivity contribution in [2.45, 2.75) is 6.92 Å². The largest absolute Gasteiger partial charge is 0.464 e. The van der Waals surface area contributed by atoms with E-state index in [4.69, 9.17) is 14.9 Å². The van der Waals surface area contributed by atoms with Crippen molar-refractivity contribution in [2.75, 3.05) is 12.8 Å². The highest BCUT2D eigenvalue weighted by Crippen LogP contribution is 2.30. The Morgan fingerprint density at radius 3 is 2.79 bits per heavy atom. The lowest BCUT2D eigenvalue weighted by Crippen LogP contribution is -2.11. The summed E-state index contributed by atoms with van der Waals surface area (Å²) in [6, 6.07) is 15.1. The van der Waals surface area contributed by atoms with Crippen LogP contribution in [0.15, 0.2) is 53.1 Å². The zero-order valence-electron chi connectivity index (χ0n) is 15.3. The Kier molecular flexibility index (Phi) is 4.09. The second-order valence-electron chi connectivity index (χ2n) is 6.26. The average Bonchev–Trinajstić information content (AvgIpc) is 3.27. The normalized spacial score (nSPS) is 10.8. The van der Waals surface area contributed by atoms with Gasteiger partial charge in [0, 0.05) is 23.5 Å². The molecule has 7 heteroatoms. The number of hydrogen-bond acceptors (Lipinski definition) is 6. The van der Waals surface area contributed by atoms with Gasteiger partial charge in [0.05, 0.1) is 18.4 Å². The summed E-state index contributed by atoms with van der Waals surface area (Å²) in [7, 11) is 1.26. The van der Waals surface area contributed by atoms with Gasteiger partial charge in [-0.3, -0.25) is 0 Å². The highest BCUT2D eigenvalue weighted by Gasteiger charge is 2.22. The third-order valence-corrected chi connectivity index (χ3v) is 4.57.